The molecule has 0 bridgehead atoms. The number of nitrogens with zero attached hydrogens (tertiary/aromatic N) is 1. The fourth-order valence-electron chi connectivity index (χ4n) is 0.464. The molecule has 0 heterocycles. The van der Waals surface area contributed by atoms with Gasteiger partial charge < -0.3 is 5.84 Å². The lowest BCUT2D eigenvalue weighted by molar-refractivity contribution is 0.793. The van der Waals surface area contributed by atoms with Gasteiger partial charge >= 0.3 is 0 Å². The Bertz CT molecular complexity index is 69.6. The van der Waals surface area contributed by atoms with E-state index in [1.807, 2.05) is 0 Å². The molecule has 2 heteroatoms. The lowest BCUT2D eigenvalue weighted by Crippen LogP contribution is -2.11. The summed E-state index contributed by atoms with van der Waals surface area (Å²) in [7, 11) is 0. The molecule has 0 amide bonds. The average Bonchev–Trinajstić information content (AvgIpc) is 1.31. The summed E-state index contributed by atoms with van der Waals surface area (Å²) >= 11 is 0. The summed E-state index contributed by atoms with van der Waals surface area (Å²) in [5.74, 6) is 4.92. The van der Waals surface area contributed by atoms with E-state index in [9.17, 15) is 0 Å². The summed E-state index contributed by atoms with van der Waals surface area (Å²) in [5, 5.41) is 3.51. The number of hydrogen-bond donors (Lipinski definition) is 1. The predicted molar refractivity (Wildman–Crippen MR) is 25.5 cm³/mol. The highest BCUT2D eigenvalue weighted by Gasteiger charge is 2.07. The van der Waals surface area contributed by atoms with Gasteiger partial charge in [-0.1, -0.05) is 0 Å². The molecule has 0 atom stereocenters. The first-order valence-electron chi connectivity index (χ1n) is 2.19. The molecule has 2 N–H and O–H groups in total. The van der Waals surface area contributed by atoms with Crippen LogP contribution in [0.4, 0.5) is 0 Å². The standard InChI is InChI=1S/C4H8N2/c5-6-4-2-1-3-4/h1-3,5H2. The molecule has 1 saturated carbocycles. The Kier molecular flexibility index (Phi) is 0.783. The average molecular weight is 84.1 g/mol. The molecule has 0 aromatic rings. The van der Waals surface area contributed by atoms with E-state index >= 15 is 0 Å². The van der Waals surface area contributed by atoms with E-state index in [1.54, 1.807) is 0 Å². The van der Waals surface area contributed by atoms with Crippen molar-refractivity contribution < 1.29 is 0 Å². The van der Waals surface area contributed by atoms with Gasteiger partial charge in [0.2, 0.25) is 0 Å². The van der Waals surface area contributed by atoms with Crippen molar-refractivity contribution in [1.82, 2.24) is 0 Å². The smallest absolute Gasteiger partial charge is 0.0376 e. The van der Waals surface area contributed by atoms with Crippen LogP contribution in [0.2, 0.25) is 0 Å². The first kappa shape index (κ1) is 3.65. The molecule has 0 aliphatic heterocycles. The van der Waals surface area contributed by atoms with Crippen molar-refractivity contribution >= 4 is 5.71 Å². The molecular weight excluding hydrogens is 76.1 g/mol. The minimum atomic E-state index is 1.14. The molecule has 0 saturated heterocycles. The second-order valence-electron chi connectivity index (χ2n) is 1.55. The minimum absolute atomic E-state index is 1.14. The first-order valence-corrected chi connectivity index (χ1v) is 2.19. The normalized spacial score (nSPS) is 19.7. The molecule has 2 nitrogen and oxygen atoms in total. The maximum absolute atomic E-state index is 4.92. The summed E-state index contributed by atoms with van der Waals surface area (Å²) in [4.78, 5) is 0. The Morgan fingerprint density at radius 3 is 2.17 bits per heavy atom. The van der Waals surface area contributed by atoms with Crippen LogP contribution in [-0.2, 0) is 0 Å². The highest BCUT2D eigenvalue weighted by molar-refractivity contribution is 5.88. The summed E-state index contributed by atoms with van der Waals surface area (Å²) < 4.78 is 0. The SMILES string of the molecule is NN=C1CCC1. The van der Waals surface area contributed by atoms with Gasteiger partial charge in [-0.25, -0.2) is 0 Å². The van der Waals surface area contributed by atoms with Crippen LogP contribution in [0.5, 0.6) is 0 Å². The third-order valence-electron chi connectivity index (χ3n) is 1.11. The van der Waals surface area contributed by atoms with Crippen molar-refractivity contribution in [3.05, 3.63) is 0 Å². The van der Waals surface area contributed by atoms with Gasteiger partial charge in [0, 0.05) is 5.71 Å². The zero-order chi connectivity index (χ0) is 4.41. The first-order chi connectivity index (χ1) is 2.93. The van der Waals surface area contributed by atoms with Crippen LogP contribution < -0.4 is 5.84 Å². The van der Waals surface area contributed by atoms with Crippen molar-refractivity contribution in [3.63, 3.8) is 0 Å². The van der Waals surface area contributed by atoms with Gasteiger partial charge in [0.15, 0.2) is 0 Å². The molecule has 1 fully saturated rings. The van der Waals surface area contributed by atoms with Crippen LogP contribution in [0, 0.1) is 0 Å². The molecule has 0 unspecified atom stereocenters. The maximum Gasteiger partial charge on any atom is 0.0376 e. The Morgan fingerprint density at radius 2 is 2.17 bits per heavy atom. The van der Waals surface area contributed by atoms with Crippen LogP contribution in [0.25, 0.3) is 0 Å². The fourth-order valence-corrected chi connectivity index (χ4v) is 0.464. The third-order valence-corrected chi connectivity index (χ3v) is 1.11. The van der Waals surface area contributed by atoms with Crippen molar-refractivity contribution in [3.8, 4) is 0 Å². The van der Waals surface area contributed by atoms with Crippen LogP contribution in [0.15, 0.2) is 5.10 Å². The summed E-state index contributed by atoms with van der Waals surface area (Å²) in [5.41, 5.74) is 1.18. The zero-order valence-corrected chi connectivity index (χ0v) is 3.65. The van der Waals surface area contributed by atoms with Gasteiger partial charge in [0.05, 0.1) is 0 Å². The Labute approximate surface area is 37.0 Å². The van der Waals surface area contributed by atoms with Crippen LogP contribution in [0.1, 0.15) is 19.3 Å². The fraction of sp³-hybridized carbons (Fsp3) is 0.750. The quantitative estimate of drug-likeness (QED) is 0.336. The Balaban J connectivity index is 2.34. The van der Waals surface area contributed by atoms with E-state index in [0.717, 1.165) is 12.8 Å². The van der Waals surface area contributed by atoms with Gasteiger partial charge in [-0.2, -0.15) is 5.10 Å². The largest absolute Gasteiger partial charge is 0.323 e. The highest BCUT2D eigenvalue weighted by Crippen LogP contribution is 2.12. The Hall–Kier alpha value is -0.530. The molecule has 0 spiro atoms. The van der Waals surface area contributed by atoms with E-state index in [0.29, 0.717) is 0 Å². The van der Waals surface area contributed by atoms with Crippen molar-refractivity contribution in [2.24, 2.45) is 10.9 Å². The third kappa shape index (κ3) is 0.379. The monoisotopic (exact) mass is 84.1 g/mol. The highest BCUT2D eigenvalue weighted by atomic mass is 15.1. The summed E-state index contributed by atoms with van der Waals surface area (Å²) in [6.07, 6.45) is 3.56. The van der Waals surface area contributed by atoms with Gasteiger partial charge in [-0.3, -0.25) is 0 Å². The predicted octanol–water partition coefficient (Wildman–Crippen LogP) is 0.485. The molecule has 0 radical (unpaired) electrons. The van der Waals surface area contributed by atoms with Crippen LogP contribution in [0.3, 0.4) is 0 Å². The minimum Gasteiger partial charge on any atom is -0.323 e. The van der Waals surface area contributed by atoms with E-state index in [1.165, 1.54) is 12.1 Å². The number of rotatable bonds is 0. The lowest BCUT2D eigenvalue weighted by Gasteiger charge is -2.11. The molecule has 0 aromatic heterocycles. The van der Waals surface area contributed by atoms with Crippen molar-refractivity contribution in [2.45, 2.75) is 19.3 Å². The molecule has 6 heavy (non-hydrogen) atoms. The second-order valence-corrected chi connectivity index (χ2v) is 1.55. The van der Waals surface area contributed by atoms with Crippen molar-refractivity contribution in [2.75, 3.05) is 0 Å². The second kappa shape index (κ2) is 1.29. The molecule has 1 aliphatic carbocycles. The van der Waals surface area contributed by atoms with Crippen LogP contribution >= 0.6 is 0 Å². The van der Waals surface area contributed by atoms with Gasteiger partial charge in [-0.15, -0.1) is 0 Å². The number of nitrogens with two attached hydrogens (primary N) is 1. The van der Waals surface area contributed by atoms with E-state index in [4.69, 9.17) is 5.84 Å². The Morgan fingerprint density at radius 1 is 1.50 bits per heavy atom. The van der Waals surface area contributed by atoms with Crippen molar-refractivity contribution in [1.29, 1.82) is 0 Å². The van der Waals surface area contributed by atoms with E-state index in [2.05, 4.69) is 5.10 Å². The summed E-state index contributed by atoms with van der Waals surface area (Å²) in [6.45, 7) is 0. The van der Waals surface area contributed by atoms with E-state index in [-0.39, 0.29) is 0 Å². The maximum atomic E-state index is 4.92. The molecular formula is C4H8N2. The lowest BCUT2D eigenvalue weighted by atomic mass is 9.98. The van der Waals surface area contributed by atoms with Crippen LogP contribution in [-0.4, -0.2) is 5.71 Å². The van der Waals surface area contributed by atoms with Gasteiger partial charge in [-0.05, 0) is 19.3 Å². The zero-order valence-electron chi connectivity index (χ0n) is 3.65. The number of hydrogen-bond acceptors (Lipinski definition) is 2. The molecule has 0 aromatic carbocycles. The molecule has 1 aliphatic rings. The van der Waals surface area contributed by atoms with E-state index < -0.39 is 0 Å². The topological polar surface area (TPSA) is 38.4 Å². The molecule has 34 valence electrons. The molecule has 1 rings (SSSR count). The van der Waals surface area contributed by atoms with Gasteiger partial charge in [0.1, 0.15) is 0 Å². The number of hydrazone groups is 1. The summed E-state index contributed by atoms with van der Waals surface area (Å²) in [6, 6.07) is 0. The van der Waals surface area contributed by atoms with Gasteiger partial charge in [0.25, 0.3) is 0 Å².